The average Bonchev–Trinajstić information content (AvgIpc) is 2.55. The SMILES string of the molecule is COC(=O)C1CC(O)C=CC1NC(=O)OCc1ccccc1. The lowest BCUT2D eigenvalue weighted by molar-refractivity contribution is -0.147. The molecule has 0 saturated heterocycles. The number of carbonyl (C=O) groups is 2. The van der Waals surface area contributed by atoms with Gasteiger partial charge in [-0.3, -0.25) is 4.79 Å². The summed E-state index contributed by atoms with van der Waals surface area (Å²) in [7, 11) is 1.28. The molecule has 0 saturated carbocycles. The second kappa shape index (κ2) is 7.61. The van der Waals surface area contributed by atoms with Crippen LogP contribution in [0.1, 0.15) is 12.0 Å². The highest BCUT2D eigenvalue weighted by atomic mass is 16.5. The Labute approximate surface area is 128 Å². The molecule has 2 N–H and O–H groups in total. The molecule has 1 amide bonds. The summed E-state index contributed by atoms with van der Waals surface area (Å²) in [5, 5.41) is 12.2. The summed E-state index contributed by atoms with van der Waals surface area (Å²) < 4.78 is 9.82. The summed E-state index contributed by atoms with van der Waals surface area (Å²) in [5.74, 6) is -1.11. The molecule has 118 valence electrons. The van der Waals surface area contributed by atoms with Crippen molar-refractivity contribution in [2.24, 2.45) is 5.92 Å². The van der Waals surface area contributed by atoms with E-state index in [0.717, 1.165) is 5.56 Å². The topological polar surface area (TPSA) is 84.9 Å². The Balaban J connectivity index is 1.91. The molecule has 1 aliphatic rings. The number of nitrogens with one attached hydrogen (secondary N) is 1. The van der Waals surface area contributed by atoms with E-state index in [9.17, 15) is 14.7 Å². The zero-order valence-corrected chi connectivity index (χ0v) is 12.3. The third-order valence-electron chi connectivity index (χ3n) is 3.47. The van der Waals surface area contributed by atoms with Gasteiger partial charge in [0.25, 0.3) is 0 Å². The molecule has 22 heavy (non-hydrogen) atoms. The fraction of sp³-hybridized carbons (Fsp3) is 0.375. The van der Waals surface area contributed by atoms with Gasteiger partial charge in [0.1, 0.15) is 6.61 Å². The lowest BCUT2D eigenvalue weighted by Crippen LogP contribution is -2.45. The van der Waals surface area contributed by atoms with E-state index in [4.69, 9.17) is 9.47 Å². The third kappa shape index (κ3) is 4.33. The number of methoxy groups -OCH3 is 1. The van der Waals surface area contributed by atoms with Crippen LogP contribution < -0.4 is 5.32 Å². The van der Waals surface area contributed by atoms with Gasteiger partial charge in [0, 0.05) is 0 Å². The number of rotatable bonds is 4. The van der Waals surface area contributed by atoms with Crippen molar-refractivity contribution in [2.45, 2.75) is 25.2 Å². The second-order valence-electron chi connectivity index (χ2n) is 5.05. The van der Waals surface area contributed by atoms with E-state index >= 15 is 0 Å². The summed E-state index contributed by atoms with van der Waals surface area (Å²) in [6.07, 6.45) is 1.99. The van der Waals surface area contributed by atoms with Gasteiger partial charge in [-0.15, -0.1) is 0 Å². The van der Waals surface area contributed by atoms with Crippen LogP contribution >= 0.6 is 0 Å². The highest BCUT2D eigenvalue weighted by molar-refractivity contribution is 5.76. The molecule has 3 atom stereocenters. The Morgan fingerprint density at radius 2 is 2.00 bits per heavy atom. The minimum atomic E-state index is -0.720. The largest absolute Gasteiger partial charge is 0.469 e. The van der Waals surface area contributed by atoms with E-state index in [1.165, 1.54) is 7.11 Å². The monoisotopic (exact) mass is 305 g/mol. The van der Waals surface area contributed by atoms with Crippen molar-refractivity contribution >= 4 is 12.1 Å². The van der Waals surface area contributed by atoms with Gasteiger partial charge in [-0.25, -0.2) is 4.79 Å². The van der Waals surface area contributed by atoms with Crippen LogP contribution in [0.25, 0.3) is 0 Å². The number of aliphatic hydroxyl groups excluding tert-OH is 1. The van der Waals surface area contributed by atoms with Crippen LogP contribution in [0.5, 0.6) is 0 Å². The summed E-state index contributed by atoms with van der Waals surface area (Å²) in [6, 6.07) is 8.73. The maximum Gasteiger partial charge on any atom is 0.407 e. The molecule has 6 nitrogen and oxygen atoms in total. The number of alkyl carbamates (subject to hydrolysis) is 1. The molecule has 2 rings (SSSR count). The summed E-state index contributed by atoms with van der Waals surface area (Å²) in [4.78, 5) is 23.6. The van der Waals surface area contributed by atoms with Crippen molar-refractivity contribution in [1.82, 2.24) is 5.32 Å². The maximum absolute atomic E-state index is 11.8. The molecule has 1 aromatic rings. The zero-order valence-electron chi connectivity index (χ0n) is 12.3. The van der Waals surface area contributed by atoms with Gasteiger partial charge < -0.3 is 19.9 Å². The quantitative estimate of drug-likeness (QED) is 0.648. The number of hydrogen-bond acceptors (Lipinski definition) is 5. The first-order chi connectivity index (χ1) is 10.6. The standard InChI is InChI=1S/C16H19NO5/c1-21-15(19)13-9-12(18)7-8-14(13)17-16(20)22-10-11-5-3-2-4-6-11/h2-8,12-14,18H,9-10H2,1H3,(H,17,20). The van der Waals surface area contributed by atoms with E-state index in [0.29, 0.717) is 0 Å². The van der Waals surface area contributed by atoms with E-state index in [-0.39, 0.29) is 13.0 Å². The van der Waals surface area contributed by atoms with E-state index in [1.54, 1.807) is 12.2 Å². The predicted octanol–water partition coefficient (Wildman–Crippen LogP) is 1.39. The van der Waals surface area contributed by atoms with Crippen molar-refractivity contribution in [3.05, 3.63) is 48.0 Å². The maximum atomic E-state index is 11.8. The van der Waals surface area contributed by atoms with Crippen LogP contribution in [0.3, 0.4) is 0 Å². The normalized spacial score (nSPS) is 23.6. The summed E-state index contributed by atoms with van der Waals surface area (Å²) >= 11 is 0. The van der Waals surface area contributed by atoms with Crippen molar-refractivity contribution in [1.29, 1.82) is 0 Å². The molecule has 0 heterocycles. The van der Waals surface area contributed by atoms with Crippen molar-refractivity contribution in [3.63, 3.8) is 0 Å². The Bertz CT molecular complexity index is 543. The average molecular weight is 305 g/mol. The number of ether oxygens (including phenoxy) is 2. The molecular weight excluding hydrogens is 286 g/mol. The Morgan fingerprint density at radius 3 is 2.68 bits per heavy atom. The highest BCUT2D eigenvalue weighted by Crippen LogP contribution is 2.21. The molecule has 0 fully saturated rings. The molecule has 1 aromatic carbocycles. The molecule has 0 radical (unpaired) electrons. The highest BCUT2D eigenvalue weighted by Gasteiger charge is 2.33. The summed E-state index contributed by atoms with van der Waals surface area (Å²) in [5.41, 5.74) is 0.872. The van der Waals surface area contributed by atoms with Crippen LogP contribution in [-0.2, 0) is 20.9 Å². The number of amides is 1. The van der Waals surface area contributed by atoms with Crippen molar-refractivity contribution in [2.75, 3.05) is 7.11 Å². The first kappa shape index (κ1) is 16.0. The summed E-state index contributed by atoms with van der Waals surface area (Å²) in [6.45, 7) is 0.147. The molecule has 0 bridgehead atoms. The van der Waals surface area contributed by atoms with E-state index in [1.807, 2.05) is 30.3 Å². The smallest absolute Gasteiger partial charge is 0.407 e. The number of benzene rings is 1. The fourth-order valence-corrected chi connectivity index (χ4v) is 2.31. The van der Waals surface area contributed by atoms with Crippen molar-refractivity contribution < 1.29 is 24.2 Å². The Morgan fingerprint density at radius 1 is 1.27 bits per heavy atom. The predicted molar refractivity (Wildman–Crippen MR) is 78.8 cm³/mol. The van der Waals surface area contributed by atoms with Gasteiger partial charge in [0.05, 0.1) is 25.2 Å². The van der Waals surface area contributed by atoms with Crippen LogP contribution in [0.4, 0.5) is 4.79 Å². The third-order valence-corrected chi connectivity index (χ3v) is 3.47. The first-order valence-electron chi connectivity index (χ1n) is 7.01. The van der Waals surface area contributed by atoms with Crippen molar-refractivity contribution in [3.8, 4) is 0 Å². The molecule has 6 heteroatoms. The number of esters is 1. The zero-order chi connectivity index (χ0) is 15.9. The number of carbonyl (C=O) groups excluding carboxylic acids is 2. The van der Waals surface area contributed by atoms with Gasteiger partial charge in [-0.2, -0.15) is 0 Å². The molecule has 0 aromatic heterocycles. The molecular formula is C16H19NO5. The van der Waals surface area contributed by atoms with Crippen LogP contribution in [0.2, 0.25) is 0 Å². The van der Waals surface area contributed by atoms with Crippen LogP contribution in [-0.4, -0.2) is 36.4 Å². The van der Waals surface area contributed by atoms with Gasteiger partial charge in [0.15, 0.2) is 0 Å². The number of hydrogen-bond donors (Lipinski definition) is 2. The van der Waals surface area contributed by atoms with Crippen LogP contribution in [0, 0.1) is 5.92 Å². The Hall–Kier alpha value is -2.34. The van der Waals surface area contributed by atoms with Crippen LogP contribution in [0.15, 0.2) is 42.5 Å². The lowest BCUT2D eigenvalue weighted by atomic mass is 9.88. The van der Waals surface area contributed by atoms with Gasteiger partial charge >= 0.3 is 12.1 Å². The van der Waals surface area contributed by atoms with Gasteiger partial charge in [0.2, 0.25) is 0 Å². The minimum Gasteiger partial charge on any atom is -0.469 e. The minimum absolute atomic E-state index is 0.147. The molecule has 0 spiro atoms. The second-order valence-corrected chi connectivity index (χ2v) is 5.05. The molecule has 1 aliphatic carbocycles. The van der Waals surface area contributed by atoms with Gasteiger partial charge in [-0.05, 0) is 12.0 Å². The number of aliphatic hydroxyl groups is 1. The van der Waals surface area contributed by atoms with E-state index in [2.05, 4.69) is 5.32 Å². The lowest BCUT2D eigenvalue weighted by Gasteiger charge is -2.28. The first-order valence-corrected chi connectivity index (χ1v) is 7.01. The fourth-order valence-electron chi connectivity index (χ4n) is 2.31. The Kier molecular flexibility index (Phi) is 5.55. The molecule has 0 aliphatic heterocycles. The van der Waals surface area contributed by atoms with Gasteiger partial charge in [-0.1, -0.05) is 42.5 Å². The molecule has 3 unspecified atom stereocenters. The van der Waals surface area contributed by atoms with E-state index < -0.39 is 30.1 Å².